The Morgan fingerprint density at radius 2 is 2.16 bits per heavy atom. The molecule has 1 aromatic carbocycles. The standard InChI is InChI=1S/C14H18Cl2N2O/c1-9(11-6-17-7-11)14(19)18(2)8-10-3-4-12(15)5-13(10)16/h3-5,9,11,17H,6-8H2,1-2H3. The number of nitrogens with one attached hydrogen (secondary N) is 1. The normalized spacial score (nSPS) is 16.8. The highest BCUT2D eigenvalue weighted by atomic mass is 35.5. The van der Waals surface area contributed by atoms with Crippen molar-refractivity contribution in [2.75, 3.05) is 20.1 Å². The molecule has 1 aliphatic rings. The third kappa shape index (κ3) is 3.41. The van der Waals surface area contributed by atoms with Crippen molar-refractivity contribution in [1.29, 1.82) is 0 Å². The molecule has 104 valence electrons. The fourth-order valence-corrected chi connectivity index (χ4v) is 2.67. The summed E-state index contributed by atoms with van der Waals surface area (Å²) in [5.74, 6) is 0.672. The fourth-order valence-electron chi connectivity index (χ4n) is 2.20. The highest BCUT2D eigenvalue weighted by Gasteiger charge is 2.30. The summed E-state index contributed by atoms with van der Waals surface area (Å²) in [7, 11) is 1.82. The smallest absolute Gasteiger partial charge is 0.225 e. The molecule has 1 unspecified atom stereocenters. The van der Waals surface area contributed by atoms with E-state index in [0.717, 1.165) is 18.7 Å². The van der Waals surface area contributed by atoms with E-state index in [-0.39, 0.29) is 11.8 Å². The van der Waals surface area contributed by atoms with Crippen LogP contribution in [0.25, 0.3) is 0 Å². The molecular formula is C14H18Cl2N2O. The van der Waals surface area contributed by atoms with E-state index in [1.54, 1.807) is 17.0 Å². The van der Waals surface area contributed by atoms with Crippen molar-refractivity contribution >= 4 is 29.1 Å². The molecule has 3 nitrogen and oxygen atoms in total. The lowest BCUT2D eigenvalue weighted by Gasteiger charge is -2.34. The summed E-state index contributed by atoms with van der Waals surface area (Å²) in [4.78, 5) is 14.0. The Morgan fingerprint density at radius 1 is 1.47 bits per heavy atom. The predicted octanol–water partition coefficient (Wildman–Crippen LogP) is 2.81. The molecule has 1 fully saturated rings. The number of carbonyl (C=O) groups is 1. The number of carbonyl (C=O) groups excluding carboxylic acids is 1. The number of nitrogens with zero attached hydrogens (tertiary/aromatic N) is 1. The summed E-state index contributed by atoms with van der Waals surface area (Å²) in [5.41, 5.74) is 0.917. The topological polar surface area (TPSA) is 32.3 Å². The Labute approximate surface area is 123 Å². The number of benzene rings is 1. The number of amides is 1. The van der Waals surface area contributed by atoms with Gasteiger partial charge in [-0.3, -0.25) is 4.79 Å². The first-order valence-electron chi connectivity index (χ1n) is 6.38. The minimum atomic E-state index is 0.0531. The van der Waals surface area contributed by atoms with E-state index in [0.29, 0.717) is 22.5 Å². The van der Waals surface area contributed by atoms with E-state index in [4.69, 9.17) is 23.2 Å². The Balaban J connectivity index is 1.99. The molecule has 2 rings (SSSR count). The van der Waals surface area contributed by atoms with E-state index >= 15 is 0 Å². The Hall–Kier alpha value is -0.770. The van der Waals surface area contributed by atoms with Crippen molar-refractivity contribution in [1.82, 2.24) is 10.2 Å². The molecule has 5 heteroatoms. The van der Waals surface area contributed by atoms with Gasteiger partial charge in [0.15, 0.2) is 0 Å². The molecule has 0 aliphatic carbocycles. The molecule has 1 amide bonds. The van der Waals surface area contributed by atoms with Gasteiger partial charge in [-0.05, 0) is 36.7 Å². The molecule has 0 saturated carbocycles. The summed E-state index contributed by atoms with van der Waals surface area (Å²) in [6.45, 7) is 4.37. The summed E-state index contributed by atoms with van der Waals surface area (Å²) >= 11 is 12.0. The van der Waals surface area contributed by atoms with Crippen LogP contribution in [-0.2, 0) is 11.3 Å². The second kappa shape index (κ2) is 6.12. The highest BCUT2D eigenvalue weighted by molar-refractivity contribution is 6.35. The molecule has 1 saturated heterocycles. The summed E-state index contributed by atoms with van der Waals surface area (Å²) in [5, 5.41) is 4.40. The van der Waals surface area contributed by atoms with Gasteiger partial charge < -0.3 is 10.2 Å². The lowest BCUT2D eigenvalue weighted by atomic mass is 9.88. The number of rotatable bonds is 4. The van der Waals surface area contributed by atoms with Crippen molar-refractivity contribution < 1.29 is 4.79 Å². The minimum Gasteiger partial charge on any atom is -0.341 e. The third-order valence-corrected chi connectivity index (χ3v) is 4.30. The van der Waals surface area contributed by atoms with Crippen LogP contribution in [0, 0.1) is 11.8 Å². The van der Waals surface area contributed by atoms with Crippen molar-refractivity contribution in [2.24, 2.45) is 11.8 Å². The SMILES string of the molecule is CC(C(=O)N(C)Cc1ccc(Cl)cc1Cl)C1CNC1. The van der Waals surface area contributed by atoms with Crippen LogP contribution in [0.1, 0.15) is 12.5 Å². The first-order chi connectivity index (χ1) is 8.99. The average Bonchev–Trinajstić information content (AvgIpc) is 2.29. The third-order valence-electron chi connectivity index (χ3n) is 3.71. The van der Waals surface area contributed by atoms with Gasteiger partial charge in [-0.1, -0.05) is 36.2 Å². The van der Waals surface area contributed by atoms with Gasteiger partial charge in [-0.25, -0.2) is 0 Å². The Kier molecular flexibility index (Phi) is 4.71. The number of hydrogen-bond donors (Lipinski definition) is 1. The van der Waals surface area contributed by atoms with Crippen LogP contribution in [0.2, 0.25) is 10.0 Å². The molecule has 0 aromatic heterocycles. The first-order valence-corrected chi connectivity index (χ1v) is 7.14. The van der Waals surface area contributed by atoms with E-state index in [9.17, 15) is 4.79 Å². The van der Waals surface area contributed by atoms with Crippen molar-refractivity contribution in [3.05, 3.63) is 33.8 Å². The molecule has 1 heterocycles. The monoisotopic (exact) mass is 300 g/mol. The second-order valence-electron chi connectivity index (χ2n) is 5.14. The van der Waals surface area contributed by atoms with Crippen molar-refractivity contribution in [3.8, 4) is 0 Å². The van der Waals surface area contributed by atoms with Gasteiger partial charge in [-0.2, -0.15) is 0 Å². The van der Waals surface area contributed by atoms with Gasteiger partial charge in [0.1, 0.15) is 0 Å². The maximum atomic E-state index is 12.3. The van der Waals surface area contributed by atoms with Crippen LogP contribution in [0.15, 0.2) is 18.2 Å². The van der Waals surface area contributed by atoms with Gasteiger partial charge in [0.05, 0.1) is 0 Å². The van der Waals surface area contributed by atoms with Crippen LogP contribution in [0.5, 0.6) is 0 Å². The number of hydrogen-bond acceptors (Lipinski definition) is 2. The van der Waals surface area contributed by atoms with Gasteiger partial charge in [0, 0.05) is 29.6 Å². The van der Waals surface area contributed by atoms with Gasteiger partial charge in [0.25, 0.3) is 0 Å². The number of halogens is 2. The molecule has 19 heavy (non-hydrogen) atoms. The van der Waals surface area contributed by atoms with Crippen LogP contribution < -0.4 is 5.32 Å². The van der Waals surface area contributed by atoms with Crippen LogP contribution >= 0.6 is 23.2 Å². The molecule has 0 radical (unpaired) electrons. The molecule has 0 bridgehead atoms. The van der Waals surface area contributed by atoms with Crippen molar-refractivity contribution in [3.63, 3.8) is 0 Å². The largest absolute Gasteiger partial charge is 0.341 e. The van der Waals surface area contributed by atoms with E-state index in [1.165, 1.54) is 0 Å². The van der Waals surface area contributed by atoms with E-state index < -0.39 is 0 Å². The van der Waals surface area contributed by atoms with Gasteiger partial charge >= 0.3 is 0 Å². The summed E-state index contributed by atoms with van der Waals surface area (Å²) in [6, 6.07) is 5.36. The Morgan fingerprint density at radius 3 is 2.68 bits per heavy atom. The highest BCUT2D eigenvalue weighted by Crippen LogP contribution is 2.23. The van der Waals surface area contributed by atoms with Crippen LogP contribution in [-0.4, -0.2) is 30.9 Å². The lowest BCUT2D eigenvalue weighted by Crippen LogP contribution is -2.49. The summed E-state index contributed by atoms with van der Waals surface area (Å²) < 4.78 is 0. The molecule has 1 atom stereocenters. The molecular weight excluding hydrogens is 283 g/mol. The Bertz CT molecular complexity index is 475. The van der Waals surface area contributed by atoms with Crippen LogP contribution in [0.4, 0.5) is 0 Å². The average molecular weight is 301 g/mol. The molecule has 1 aromatic rings. The van der Waals surface area contributed by atoms with E-state index in [1.807, 2.05) is 20.0 Å². The summed E-state index contributed by atoms with van der Waals surface area (Å²) in [6.07, 6.45) is 0. The molecule has 1 N–H and O–H groups in total. The zero-order valence-corrected chi connectivity index (χ0v) is 12.6. The minimum absolute atomic E-state index is 0.0531. The van der Waals surface area contributed by atoms with Crippen LogP contribution in [0.3, 0.4) is 0 Å². The van der Waals surface area contributed by atoms with Crippen molar-refractivity contribution in [2.45, 2.75) is 13.5 Å². The maximum absolute atomic E-state index is 12.3. The quantitative estimate of drug-likeness (QED) is 0.927. The lowest BCUT2D eigenvalue weighted by molar-refractivity contribution is -0.136. The van der Waals surface area contributed by atoms with Gasteiger partial charge in [-0.15, -0.1) is 0 Å². The van der Waals surface area contributed by atoms with Gasteiger partial charge in [0.2, 0.25) is 5.91 Å². The fraction of sp³-hybridized carbons (Fsp3) is 0.500. The van der Waals surface area contributed by atoms with E-state index in [2.05, 4.69) is 5.32 Å². The molecule has 0 spiro atoms. The second-order valence-corrected chi connectivity index (χ2v) is 5.98. The molecule has 1 aliphatic heterocycles. The first kappa shape index (κ1) is 14.6. The zero-order chi connectivity index (χ0) is 14.0. The zero-order valence-electron chi connectivity index (χ0n) is 11.1. The predicted molar refractivity (Wildman–Crippen MR) is 78.5 cm³/mol. The maximum Gasteiger partial charge on any atom is 0.225 e.